The number of hydrogen-bond donors (Lipinski definition) is 3. The lowest BCUT2D eigenvalue weighted by molar-refractivity contribution is -0.149. The first kappa shape index (κ1) is 35.4. The molecule has 1 aromatic rings. The first-order valence-corrected chi connectivity index (χ1v) is 16.7. The van der Waals surface area contributed by atoms with Crippen LogP contribution in [0.3, 0.4) is 0 Å². The van der Waals surface area contributed by atoms with Crippen molar-refractivity contribution in [3.05, 3.63) is 32.6 Å². The zero-order chi connectivity index (χ0) is 30.6. The Hall–Kier alpha value is -0.800. The fourth-order valence-corrected chi connectivity index (χ4v) is 7.14. The molecule has 40 heavy (non-hydrogen) atoms. The van der Waals surface area contributed by atoms with Gasteiger partial charge in [-0.25, -0.2) is 9.88 Å². The molecule has 1 saturated heterocycles. The number of aromatic amines is 1. The summed E-state index contributed by atoms with van der Waals surface area (Å²) in [5.41, 5.74) is -1.77. The van der Waals surface area contributed by atoms with Crippen LogP contribution in [0.5, 0.6) is 0 Å². The number of aliphatic hydroxyl groups excluding tert-OH is 1. The second-order valence-corrected chi connectivity index (χ2v) is 16.2. The quantitative estimate of drug-likeness (QED) is 0.130. The molecule has 3 N–H and O–H groups in total. The molecular weight excluding hydrogens is 628 g/mol. The third-order valence-corrected chi connectivity index (χ3v) is 10.2. The third-order valence-electron chi connectivity index (χ3n) is 5.43. The van der Waals surface area contributed by atoms with Crippen molar-refractivity contribution in [2.75, 3.05) is 19.0 Å². The van der Waals surface area contributed by atoms with Gasteiger partial charge in [-0.2, -0.15) is 0 Å². The number of hydrogen-bond acceptors (Lipinski definition) is 11. The lowest BCUT2D eigenvalue weighted by atomic mass is 10.00. The summed E-state index contributed by atoms with van der Waals surface area (Å²) in [7, 11) is 0. The maximum atomic E-state index is 12.4. The van der Waals surface area contributed by atoms with Crippen LogP contribution in [0.25, 0.3) is 0 Å². The van der Waals surface area contributed by atoms with Crippen LogP contribution in [0.2, 0.25) is 0 Å². The number of halogens is 2. The summed E-state index contributed by atoms with van der Waals surface area (Å²) in [5.74, 6) is -0.310. The summed E-state index contributed by atoms with van der Waals surface area (Å²) in [6.45, 7) is 7.99. The minimum absolute atomic E-state index is 0.0143. The summed E-state index contributed by atoms with van der Waals surface area (Å²) in [4.78, 5) is 51.0. The highest BCUT2D eigenvalue weighted by Crippen LogP contribution is 2.49. The van der Waals surface area contributed by atoms with Gasteiger partial charge in [0.15, 0.2) is 15.7 Å². The molecule has 17 heteroatoms. The molecule has 0 amide bonds. The van der Waals surface area contributed by atoms with Gasteiger partial charge < -0.3 is 23.6 Å². The van der Waals surface area contributed by atoms with Crippen LogP contribution >= 0.6 is 41.6 Å². The van der Waals surface area contributed by atoms with Gasteiger partial charge >= 0.3 is 11.7 Å². The minimum Gasteiger partial charge on any atom is -0.462 e. The summed E-state index contributed by atoms with van der Waals surface area (Å²) < 4.78 is 21.7. The molecule has 1 aliphatic heterocycles. The topological polar surface area (TPSA) is 158 Å². The van der Waals surface area contributed by atoms with Crippen LogP contribution in [-0.4, -0.2) is 73.4 Å². The lowest BCUT2D eigenvalue weighted by Gasteiger charge is -2.28. The number of H-pyrrole nitrogens is 1. The average molecular weight is 665 g/mol. The van der Waals surface area contributed by atoms with Crippen molar-refractivity contribution >= 4 is 64.5 Å². The fourth-order valence-electron chi connectivity index (χ4n) is 3.28. The molecule has 0 radical (unpaired) electrons. The number of carbonyl (C=O) groups excluding carboxylic acids is 2. The Balaban J connectivity index is 2.19. The van der Waals surface area contributed by atoms with Gasteiger partial charge in [0.05, 0.1) is 19.3 Å². The average Bonchev–Trinajstić information content (AvgIpc) is 3.05. The van der Waals surface area contributed by atoms with Crippen molar-refractivity contribution in [1.82, 2.24) is 14.6 Å². The molecule has 228 valence electrons. The molecule has 5 atom stereocenters. The highest BCUT2D eigenvalue weighted by Gasteiger charge is 2.56. The second-order valence-electron chi connectivity index (χ2n) is 10.5. The summed E-state index contributed by atoms with van der Waals surface area (Å²) >= 11 is 19.5. The minimum atomic E-state index is -3.45. The smallest absolute Gasteiger partial charge is 0.330 e. The Kier molecular flexibility index (Phi) is 12.5. The fraction of sp³-hybridized carbons (Fsp3) is 0.739. The van der Waals surface area contributed by atoms with Crippen molar-refractivity contribution in [2.24, 2.45) is 5.41 Å². The van der Waals surface area contributed by atoms with E-state index in [2.05, 4.69) is 10.1 Å². The number of rotatable bonds is 12. The Morgan fingerprint density at radius 1 is 1.30 bits per heavy atom. The Morgan fingerprint density at radius 3 is 2.50 bits per heavy atom. The Bertz CT molecular complexity index is 1240. The predicted octanol–water partition coefficient (Wildman–Crippen LogP) is 2.77. The Morgan fingerprint density at radius 2 is 1.93 bits per heavy atom. The molecule has 0 bridgehead atoms. The van der Waals surface area contributed by atoms with Crippen LogP contribution in [0.15, 0.2) is 15.8 Å². The lowest BCUT2D eigenvalue weighted by Crippen LogP contribution is -2.42. The SMILES string of the molecule is Cc1cn([C@@H]2O[C@H](COP(=S)(N[C@H](C)C(=O)OC(C)C)OCCSC(=O)C(C)(C)C)[C@@H](O)C2(Cl)Cl)c(=O)[nH]c1=O. The van der Waals surface area contributed by atoms with Crippen molar-refractivity contribution in [3.8, 4) is 0 Å². The van der Waals surface area contributed by atoms with Crippen molar-refractivity contribution in [2.45, 2.75) is 83.4 Å². The number of nitrogens with one attached hydrogen (secondary N) is 2. The number of ether oxygens (including phenoxy) is 2. The number of aliphatic hydroxyl groups is 1. The summed E-state index contributed by atoms with van der Waals surface area (Å²) in [6.07, 6.45) is -3.26. The Labute approximate surface area is 252 Å². The monoisotopic (exact) mass is 663 g/mol. The number of nitrogens with zero attached hydrogens (tertiary/aromatic N) is 1. The molecule has 1 aromatic heterocycles. The van der Waals surface area contributed by atoms with Gasteiger partial charge in [-0.3, -0.25) is 23.9 Å². The molecule has 2 heterocycles. The zero-order valence-electron chi connectivity index (χ0n) is 23.3. The standard InChI is InChI=1S/C23H36Cl2N3O9PS2/c1-12(2)36-18(31)14(4)27-38(39,34-8-9-40-20(32)22(5,6)7)35-11-15-16(29)23(24,25)19(37-15)28-10-13(3)17(30)26-21(28)33/h10,12,14-16,19,29H,8-9,11H2,1-7H3,(H,27,39)(H,26,30,33)/t14-,15-,16-,19-,38?/m1/s1. The molecule has 1 aliphatic rings. The van der Waals surface area contributed by atoms with E-state index in [0.29, 0.717) is 0 Å². The number of carbonyl (C=O) groups is 2. The van der Waals surface area contributed by atoms with Crippen molar-refractivity contribution < 1.29 is 33.2 Å². The maximum Gasteiger partial charge on any atom is 0.330 e. The second kappa shape index (κ2) is 14.1. The van der Waals surface area contributed by atoms with E-state index in [-0.39, 0.29) is 35.7 Å². The first-order valence-electron chi connectivity index (χ1n) is 12.4. The molecular formula is C23H36Cl2N3O9PS2. The highest BCUT2D eigenvalue weighted by atomic mass is 35.5. The normalized spacial score (nSPS) is 23.1. The van der Waals surface area contributed by atoms with Crippen molar-refractivity contribution in [3.63, 3.8) is 0 Å². The number of esters is 1. The molecule has 0 saturated carbocycles. The first-order chi connectivity index (χ1) is 18.3. The van der Waals surface area contributed by atoms with Crippen LogP contribution in [0.4, 0.5) is 0 Å². The van der Waals surface area contributed by atoms with E-state index in [1.807, 2.05) is 0 Å². The molecule has 12 nitrogen and oxygen atoms in total. The molecule has 0 aromatic carbocycles. The van der Waals surface area contributed by atoms with E-state index in [0.717, 1.165) is 16.3 Å². The van der Waals surface area contributed by atoms with E-state index in [1.54, 1.807) is 34.6 Å². The van der Waals surface area contributed by atoms with Crippen LogP contribution in [0.1, 0.15) is 53.3 Å². The van der Waals surface area contributed by atoms with E-state index in [4.69, 9.17) is 53.5 Å². The molecule has 1 unspecified atom stereocenters. The number of alkyl halides is 2. The summed E-state index contributed by atoms with van der Waals surface area (Å²) in [6, 6.07) is -0.915. The van der Waals surface area contributed by atoms with Crippen LogP contribution in [0, 0.1) is 12.3 Å². The predicted molar refractivity (Wildman–Crippen MR) is 157 cm³/mol. The third kappa shape index (κ3) is 9.35. The maximum absolute atomic E-state index is 12.4. The molecule has 2 rings (SSSR count). The van der Waals surface area contributed by atoms with Gasteiger partial charge in [0.25, 0.3) is 12.2 Å². The van der Waals surface area contributed by atoms with Crippen LogP contribution < -0.4 is 16.3 Å². The van der Waals surface area contributed by atoms with E-state index in [1.165, 1.54) is 20.0 Å². The number of aromatic nitrogens is 2. The van der Waals surface area contributed by atoms with Crippen molar-refractivity contribution in [1.29, 1.82) is 0 Å². The van der Waals surface area contributed by atoms with E-state index < -0.39 is 58.1 Å². The van der Waals surface area contributed by atoms with E-state index in [9.17, 15) is 24.3 Å². The van der Waals surface area contributed by atoms with Crippen LogP contribution in [-0.2, 0) is 39.9 Å². The molecule has 0 aliphatic carbocycles. The van der Waals surface area contributed by atoms with Gasteiger partial charge in [0.2, 0.25) is 0 Å². The van der Waals surface area contributed by atoms with E-state index >= 15 is 0 Å². The molecule has 0 spiro atoms. The highest BCUT2D eigenvalue weighted by molar-refractivity contribution is 8.13. The zero-order valence-corrected chi connectivity index (χ0v) is 27.3. The summed E-state index contributed by atoms with van der Waals surface area (Å²) in [5, 5.41) is 13.7. The molecule has 1 fully saturated rings. The van der Waals surface area contributed by atoms with Gasteiger partial charge in [-0.15, -0.1) is 0 Å². The van der Waals surface area contributed by atoms with Gasteiger partial charge in [0, 0.05) is 22.9 Å². The number of aryl methyl sites for hydroxylation is 1. The largest absolute Gasteiger partial charge is 0.462 e. The van der Waals surface area contributed by atoms with Gasteiger partial charge in [-0.05, 0) is 39.5 Å². The number of thioether (sulfide) groups is 1. The van der Waals surface area contributed by atoms with Gasteiger partial charge in [-0.1, -0.05) is 55.7 Å². The van der Waals surface area contributed by atoms with Gasteiger partial charge in [0.1, 0.15) is 18.2 Å².